The van der Waals surface area contributed by atoms with Gasteiger partial charge >= 0.3 is 6.09 Å². The molecule has 112 valence electrons. The summed E-state index contributed by atoms with van der Waals surface area (Å²) >= 11 is 0. The molecule has 0 saturated heterocycles. The number of hydrogen-bond donors (Lipinski definition) is 3. The summed E-state index contributed by atoms with van der Waals surface area (Å²) in [5.41, 5.74) is 0.592. The Hall–Kier alpha value is -1.56. The minimum Gasteiger partial charge on any atom is -0.444 e. The van der Waals surface area contributed by atoms with Crippen molar-refractivity contribution >= 4 is 6.09 Å². The van der Waals surface area contributed by atoms with Gasteiger partial charge in [0.1, 0.15) is 5.60 Å². The van der Waals surface area contributed by atoms with Crippen LogP contribution in [-0.4, -0.2) is 34.0 Å². The van der Waals surface area contributed by atoms with Crippen molar-refractivity contribution in [3.8, 4) is 0 Å². The fourth-order valence-corrected chi connectivity index (χ4v) is 2.46. The van der Waals surface area contributed by atoms with E-state index in [2.05, 4.69) is 20.8 Å². The number of hydrogen-bond acceptors (Lipinski definition) is 4. The van der Waals surface area contributed by atoms with Crippen molar-refractivity contribution in [2.24, 2.45) is 0 Å². The van der Waals surface area contributed by atoms with Crippen molar-refractivity contribution in [1.82, 2.24) is 20.8 Å². The van der Waals surface area contributed by atoms with Crippen molar-refractivity contribution in [1.29, 1.82) is 0 Å². The van der Waals surface area contributed by atoms with Crippen molar-refractivity contribution in [2.45, 2.75) is 64.3 Å². The zero-order chi connectivity index (χ0) is 14.6. The van der Waals surface area contributed by atoms with Crippen LogP contribution in [0.4, 0.5) is 4.79 Å². The van der Waals surface area contributed by atoms with Gasteiger partial charge in [0.05, 0.1) is 0 Å². The Bertz CT molecular complexity index is 425. The molecule has 1 amide bonds. The molecule has 0 spiro atoms. The van der Waals surface area contributed by atoms with E-state index in [1.807, 2.05) is 26.8 Å². The van der Waals surface area contributed by atoms with Crippen LogP contribution in [0.2, 0.25) is 0 Å². The lowest BCUT2D eigenvalue weighted by Crippen LogP contribution is -2.47. The van der Waals surface area contributed by atoms with Crippen LogP contribution in [0.5, 0.6) is 0 Å². The van der Waals surface area contributed by atoms with Gasteiger partial charge in [-0.25, -0.2) is 4.79 Å². The number of carbonyl (C=O) groups is 1. The Kier molecular flexibility index (Phi) is 4.65. The molecule has 2 rings (SSSR count). The molecule has 0 aliphatic heterocycles. The Balaban J connectivity index is 1.80. The second-order valence-corrected chi connectivity index (χ2v) is 6.25. The minimum absolute atomic E-state index is 0.132. The fraction of sp³-hybridized carbons (Fsp3) is 0.714. The van der Waals surface area contributed by atoms with Gasteiger partial charge in [0, 0.05) is 30.5 Å². The van der Waals surface area contributed by atoms with E-state index < -0.39 is 5.60 Å². The zero-order valence-electron chi connectivity index (χ0n) is 12.4. The molecule has 3 N–H and O–H groups in total. The Morgan fingerprint density at radius 2 is 2.20 bits per heavy atom. The van der Waals surface area contributed by atoms with Crippen LogP contribution >= 0.6 is 0 Å². The SMILES string of the molecule is CC(C)(C)OC(=O)NC1CCCC1NCc1ccn[nH]1. The molecule has 1 aromatic heterocycles. The number of carbonyl (C=O) groups excluding carboxylic acids is 1. The maximum atomic E-state index is 11.8. The number of nitrogens with one attached hydrogen (secondary N) is 3. The molecule has 2 unspecified atom stereocenters. The first-order valence-corrected chi connectivity index (χ1v) is 7.15. The van der Waals surface area contributed by atoms with Gasteiger partial charge < -0.3 is 15.4 Å². The van der Waals surface area contributed by atoms with E-state index in [0.29, 0.717) is 0 Å². The third kappa shape index (κ3) is 4.52. The van der Waals surface area contributed by atoms with Gasteiger partial charge in [0.15, 0.2) is 0 Å². The lowest BCUT2D eigenvalue weighted by atomic mass is 10.1. The number of nitrogens with zero attached hydrogens (tertiary/aromatic N) is 1. The van der Waals surface area contributed by atoms with Crippen LogP contribution in [0, 0.1) is 0 Å². The van der Waals surface area contributed by atoms with E-state index in [-0.39, 0.29) is 18.2 Å². The average molecular weight is 280 g/mol. The van der Waals surface area contributed by atoms with Gasteiger partial charge in [-0.15, -0.1) is 0 Å². The maximum Gasteiger partial charge on any atom is 0.407 e. The lowest BCUT2D eigenvalue weighted by Gasteiger charge is -2.25. The van der Waals surface area contributed by atoms with Gasteiger partial charge in [-0.2, -0.15) is 5.10 Å². The third-order valence-corrected chi connectivity index (χ3v) is 3.33. The van der Waals surface area contributed by atoms with E-state index >= 15 is 0 Å². The predicted molar refractivity (Wildman–Crippen MR) is 76.2 cm³/mol. The van der Waals surface area contributed by atoms with Gasteiger partial charge in [0.25, 0.3) is 0 Å². The Morgan fingerprint density at radius 3 is 2.85 bits per heavy atom. The molecule has 1 aromatic rings. The van der Waals surface area contributed by atoms with Gasteiger partial charge in [0.2, 0.25) is 0 Å². The molecule has 0 aromatic carbocycles. The normalized spacial score (nSPS) is 22.8. The van der Waals surface area contributed by atoms with Crippen LogP contribution in [0.3, 0.4) is 0 Å². The highest BCUT2D eigenvalue weighted by Crippen LogP contribution is 2.20. The number of ether oxygens (including phenoxy) is 1. The van der Waals surface area contributed by atoms with Crippen molar-refractivity contribution in [2.75, 3.05) is 0 Å². The summed E-state index contributed by atoms with van der Waals surface area (Å²) in [6.07, 6.45) is 4.57. The number of H-pyrrole nitrogens is 1. The summed E-state index contributed by atoms with van der Waals surface area (Å²) < 4.78 is 5.30. The average Bonchev–Trinajstić information content (AvgIpc) is 2.94. The molecule has 1 saturated carbocycles. The first kappa shape index (κ1) is 14.8. The van der Waals surface area contributed by atoms with Gasteiger partial charge in [-0.1, -0.05) is 0 Å². The summed E-state index contributed by atoms with van der Waals surface area (Å²) in [5.74, 6) is 0. The summed E-state index contributed by atoms with van der Waals surface area (Å²) in [6.45, 7) is 6.34. The molecule has 6 heteroatoms. The largest absolute Gasteiger partial charge is 0.444 e. The quantitative estimate of drug-likeness (QED) is 0.787. The lowest BCUT2D eigenvalue weighted by molar-refractivity contribution is 0.0498. The molecule has 0 radical (unpaired) electrons. The van der Waals surface area contributed by atoms with E-state index in [0.717, 1.165) is 31.5 Å². The molecule has 1 aliphatic carbocycles. The third-order valence-electron chi connectivity index (χ3n) is 3.33. The summed E-state index contributed by atoms with van der Waals surface area (Å²) in [7, 11) is 0. The molecule has 1 fully saturated rings. The zero-order valence-corrected chi connectivity index (χ0v) is 12.4. The van der Waals surface area contributed by atoms with Crippen molar-refractivity contribution in [3.63, 3.8) is 0 Å². The first-order valence-electron chi connectivity index (χ1n) is 7.15. The number of amides is 1. The smallest absolute Gasteiger partial charge is 0.407 e. The molecular weight excluding hydrogens is 256 g/mol. The minimum atomic E-state index is -0.457. The molecule has 2 atom stereocenters. The summed E-state index contributed by atoms with van der Waals surface area (Å²) in [5, 5.41) is 13.3. The maximum absolute atomic E-state index is 11.8. The predicted octanol–water partition coefficient (Wildman–Crippen LogP) is 1.95. The Morgan fingerprint density at radius 1 is 1.45 bits per heavy atom. The number of aromatic amines is 1. The number of aromatic nitrogens is 2. The highest BCUT2D eigenvalue weighted by atomic mass is 16.6. The highest BCUT2D eigenvalue weighted by Gasteiger charge is 2.29. The van der Waals surface area contributed by atoms with Crippen molar-refractivity contribution in [3.05, 3.63) is 18.0 Å². The molecular formula is C14H24N4O2. The topological polar surface area (TPSA) is 79.0 Å². The van der Waals surface area contributed by atoms with Crippen LogP contribution < -0.4 is 10.6 Å². The molecule has 20 heavy (non-hydrogen) atoms. The standard InChI is InChI=1S/C14H24N4O2/c1-14(2,3)20-13(19)17-12-6-4-5-11(12)15-9-10-7-8-16-18-10/h7-8,11-12,15H,4-6,9H2,1-3H3,(H,16,18)(H,17,19). The van der Waals surface area contributed by atoms with Crippen LogP contribution in [0.1, 0.15) is 45.7 Å². The van der Waals surface area contributed by atoms with E-state index in [4.69, 9.17) is 4.74 Å². The van der Waals surface area contributed by atoms with Crippen LogP contribution in [0.25, 0.3) is 0 Å². The van der Waals surface area contributed by atoms with E-state index in [1.165, 1.54) is 0 Å². The summed E-state index contributed by atoms with van der Waals surface area (Å²) in [4.78, 5) is 11.8. The van der Waals surface area contributed by atoms with Gasteiger partial charge in [-0.3, -0.25) is 5.10 Å². The highest BCUT2D eigenvalue weighted by molar-refractivity contribution is 5.68. The second kappa shape index (κ2) is 6.26. The molecule has 0 bridgehead atoms. The number of rotatable bonds is 4. The molecule has 6 nitrogen and oxygen atoms in total. The first-order chi connectivity index (χ1) is 9.44. The van der Waals surface area contributed by atoms with E-state index in [9.17, 15) is 4.79 Å². The van der Waals surface area contributed by atoms with E-state index in [1.54, 1.807) is 6.20 Å². The fourth-order valence-electron chi connectivity index (χ4n) is 2.46. The molecule has 1 aliphatic rings. The summed E-state index contributed by atoms with van der Waals surface area (Å²) in [6, 6.07) is 2.36. The molecule has 1 heterocycles. The van der Waals surface area contributed by atoms with Crippen LogP contribution in [-0.2, 0) is 11.3 Å². The number of alkyl carbamates (subject to hydrolysis) is 1. The van der Waals surface area contributed by atoms with Crippen LogP contribution in [0.15, 0.2) is 12.3 Å². The Labute approximate surface area is 119 Å². The van der Waals surface area contributed by atoms with Gasteiger partial charge in [-0.05, 0) is 46.1 Å². The monoisotopic (exact) mass is 280 g/mol. The second-order valence-electron chi connectivity index (χ2n) is 6.25. The van der Waals surface area contributed by atoms with Crippen molar-refractivity contribution < 1.29 is 9.53 Å².